The summed E-state index contributed by atoms with van der Waals surface area (Å²) in [4.78, 5) is 0. The van der Waals surface area contributed by atoms with Crippen LogP contribution >= 0.6 is 11.3 Å². The van der Waals surface area contributed by atoms with Crippen LogP contribution in [0.4, 0.5) is 13.9 Å². The van der Waals surface area contributed by atoms with Gasteiger partial charge in [-0.2, -0.15) is 0 Å². The second kappa shape index (κ2) is 3.88. The Morgan fingerprint density at radius 2 is 2.00 bits per heavy atom. The summed E-state index contributed by atoms with van der Waals surface area (Å²) >= 11 is 1.13. The molecule has 1 aliphatic carbocycles. The van der Waals surface area contributed by atoms with Gasteiger partial charge in [-0.15, -0.1) is 5.10 Å². The van der Waals surface area contributed by atoms with Crippen LogP contribution in [0.1, 0.15) is 25.7 Å². The summed E-state index contributed by atoms with van der Waals surface area (Å²) in [5.41, 5.74) is 5.37. The molecule has 15 heavy (non-hydrogen) atoms. The van der Waals surface area contributed by atoms with Crippen molar-refractivity contribution >= 4 is 16.5 Å². The molecule has 1 aromatic rings. The number of halogens is 2. The van der Waals surface area contributed by atoms with E-state index in [1.165, 1.54) is 0 Å². The zero-order valence-corrected chi connectivity index (χ0v) is 8.77. The number of ether oxygens (including phenoxy) is 1. The van der Waals surface area contributed by atoms with Gasteiger partial charge in [0.1, 0.15) is 6.10 Å². The molecule has 7 heteroatoms. The number of hydrogen-bond donors (Lipinski definition) is 1. The Kier molecular flexibility index (Phi) is 2.72. The van der Waals surface area contributed by atoms with Crippen LogP contribution in [0.2, 0.25) is 0 Å². The van der Waals surface area contributed by atoms with Gasteiger partial charge in [-0.25, -0.2) is 8.78 Å². The fourth-order valence-corrected chi connectivity index (χ4v) is 2.07. The van der Waals surface area contributed by atoms with Crippen LogP contribution in [0, 0.1) is 0 Å². The number of alkyl halides is 2. The number of rotatable bonds is 2. The summed E-state index contributed by atoms with van der Waals surface area (Å²) in [6.45, 7) is 0. The van der Waals surface area contributed by atoms with Gasteiger partial charge in [0.25, 0.3) is 5.19 Å². The maximum atomic E-state index is 12.8. The molecule has 0 spiro atoms. The van der Waals surface area contributed by atoms with E-state index in [1.54, 1.807) is 0 Å². The molecule has 1 aromatic heterocycles. The first-order chi connectivity index (χ1) is 7.05. The minimum absolute atomic E-state index is 0.119. The van der Waals surface area contributed by atoms with Crippen LogP contribution in [-0.2, 0) is 0 Å². The fraction of sp³-hybridized carbons (Fsp3) is 0.750. The van der Waals surface area contributed by atoms with Gasteiger partial charge in [0.15, 0.2) is 0 Å². The van der Waals surface area contributed by atoms with Crippen molar-refractivity contribution in [1.29, 1.82) is 0 Å². The highest BCUT2D eigenvalue weighted by atomic mass is 32.1. The molecule has 4 nitrogen and oxygen atoms in total. The average Bonchev–Trinajstić information content (AvgIpc) is 2.55. The standard InChI is InChI=1S/C8H11F2N3OS/c9-8(10)3-1-5(2-4-8)14-7-13-12-6(11)15-7/h5H,1-4H2,(H2,11,12). The first kappa shape index (κ1) is 10.5. The molecule has 1 saturated carbocycles. The number of hydrogen-bond acceptors (Lipinski definition) is 5. The van der Waals surface area contributed by atoms with Crippen LogP contribution < -0.4 is 10.5 Å². The van der Waals surface area contributed by atoms with Crippen molar-refractivity contribution in [1.82, 2.24) is 10.2 Å². The van der Waals surface area contributed by atoms with Crippen molar-refractivity contribution in [3.63, 3.8) is 0 Å². The lowest BCUT2D eigenvalue weighted by Crippen LogP contribution is -2.30. The molecule has 0 aromatic carbocycles. The minimum atomic E-state index is -2.53. The van der Waals surface area contributed by atoms with E-state index < -0.39 is 5.92 Å². The van der Waals surface area contributed by atoms with E-state index in [-0.39, 0.29) is 18.9 Å². The summed E-state index contributed by atoms with van der Waals surface area (Å²) < 4.78 is 31.0. The SMILES string of the molecule is Nc1nnc(OC2CCC(F)(F)CC2)s1. The van der Waals surface area contributed by atoms with Crippen LogP contribution in [0.3, 0.4) is 0 Å². The van der Waals surface area contributed by atoms with Crippen LogP contribution in [0.15, 0.2) is 0 Å². The number of nitrogen functional groups attached to an aromatic ring is 1. The Bertz CT molecular complexity index is 334. The van der Waals surface area contributed by atoms with Crippen molar-refractivity contribution in [2.45, 2.75) is 37.7 Å². The number of nitrogens with two attached hydrogens (primary N) is 1. The molecular formula is C8H11F2N3OS. The topological polar surface area (TPSA) is 61.0 Å². The van der Waals surface area contributed by atoms with E-state index >= 15 is 0 Å². The second-order valence-electron chi connectivity index (χ2n) is 3.58. The van der Waals surface area contributed by atoms with E-state index in [0.717, 1.165) is 11.3 Å². The maximum absolute atomic E-state index is 12.8. The largest absolute Gasteiger partial charge is 0.466 e. The minimum Gasteiger partial charge on any atom is -0.466 e. The predicted octanol–water partition coefficient (Wildman–Crippen LogP) is 2.08. The third kappa shape index (κ3) is 2.74. The van der Waals surface area contributed by atoms with E-state index in [9.17, 15) is 8.78 Å². The average molecular weight is 235 g/mol. The zero-order chi connectivity index (χ0) is 10.9. The molecule has 1 aliphatic rings. The summed E-state index contributed by atoms with van der Waals surface area (Å²) in [5, 5.41) is 7.95. The fourth-order valence-electron chi connectivity index (χ4n) is 1.54. The molecule has 0 bridgehead atoms. The summed E-state index contributed by atoms with van der Waals surface area (Å²) in [7, 11) is 0. The lowest BCUT2D eigenvalue weighted by molar-refractivity contribution is -0.0583. The molecule has 0 radical (unpaired) electrons. The zero-order valence-electron chi connectivity index (χ0n) is 7.95. The smallest absolute Gasteiger partial charge is 0.296 e. The highest BCUT2D eigenvalue weighted by Gasteiger charge is 2.36. The highest BCUT2D eigenvalue weighted by Crippen LogP contribution is 2.35. The van der Waals surface area contributed by atoms with Gasteiger partial charge in [0.2, 0.25) is 11.1 Å². The van der Waals surface area contributed by atoms with Crippen LogP contribution in [-0.4, -0.2) is 22.2 Å². The van der Waals surface area contributed by atoms with Gasteiger partial charge in [0, 0.05) is 12.8 Å². The Balaban J connectivity index is 1.87. The van der Waals surface area contributed by atoms with Gasteiger partial charge < -0.3 is 10.5 Å². The molecule has 0 saturated heterocycles. The van der Waals surface area contributed by atoms with Gasteiger partial charge in [-0.1, -0.05) is 5.10 Å². The highest BCUT2D eigenvalue weighted by molar-refractivity contribution is 7.16. The van der Waals surface area contributed by atoms with Crippen molar-refractivity contribution in [3.05, 3.63) is 0 Å². The Morgan fingerprint density at radius 3 is 2.53 bits per heavy atom. The molecule has 2 rings (SSSR count). The number of nitrogens with zero attached hydrogens (tertiary/aromatic N) is 2. The molecule has 0 aliphatic heterocycles. The van der Waals surface area contributed by atoms with Crippen LogP contribution in [0.5, 0.6) is 5.19 Å². The second-order valence-corrected chi connectivity index (χ2v) is 4.55. The third-order valence-corrected chi connectivity index (χ3v) is 3.00. The summed E-state index contributed by atoms with van der Waals surface area (Å²) in [5.74, 6) is -2.53. The number of aromatic nitrogens is 2. The van der Waals surface area contributed by atoms with Gasteiger partial charge in [-0.3, -0.25) is 0 Å². The Labute approximate surface area is 89.4 Å². The molecule has 2 N–H and O–H groups in total. The van der Waals surface area contributed by atoms with Gasteiger partial charge >= 0.3 is 0 Å². The Hall–Kier alpha value is -0.980. The first-order valence-electron chi connectivity index (χ1n) is 4.69. The lowest BCUT2D eigenvalue weighted by Gasteiger charge is -2.27. The molecular weight excluding hydrogens is 224 g/mol. The number of anilines is 1. The quantitative estimate of drug-likeness (QED) is 0.852. The van der Waals surface area contributed by atoms with Crippen molar-refractivity contribution in [2.75, 3.05) is 5.73 Å². The van der Waals surface area contributed by atoms with E-state index in [0.29, 0.717) is 23.2 Å². The van der Waals surface area contributed by atoms with Crippen molar-refractivity contribution < 1.29 is 13.5 Å². The van der Waals surface area contributed by atoms with Crippen molar-refractivity contribution in [3.8, 4) is 5.19 Å². The summed E-state index contributed by atoms with van der Waals surface area (Å²) in [6.07, 6.45) is 0.286. The maximum Gasteiger partial charge on any atom is 0.296 e. The van der Waals surface area contributed by atoms with Gasteiger partial charge in [0.05, 0.1) is 0 Å². The molecule has 84 valence electrons. The molecule has 1 heterocycles. The first-order valence-corrected chi connectivity index (χ1v) is 5.50. The monoisotopic (exact) mass is 235 g/mol. The molecule has 0 amide bonds. The van der Waals surface area contributed by atoms with Crippen LogP contribution in [0.25, 0.3) is 0 Å². The molecule has 0 atom stereocenters. The lowest BCUT2D eigenvalue weighted by atomic mass is 9.94. The van der Waals surface area contributed by atoms with E-state index in [4.69, 9.17) is 10.5 Å². The van der Waals surface area contributed by atoms with E-state index in [1.807, 2.05) is 0 Å². The van der Waals surface area contributed by atoms with E-state index in [2.05, 4.69) is 10.2 Å². The Morgan fingerprint density at radius 1 is 1.33 bits per heavy atom. The van der Waals surface area contributed by atoms with Crippen molar-refractivity contribution in [2.24, 2.45) is 0 Å². The summed E-state index contributed by atoms with van der Waals surface area (Å²) in [6, 6.07) is 0. The third-order valence-electron chi connectivity index (χ3n) is 2.35. The van der Waals surface area contributed by atoms with Gasteiger partial charge in [-0.05, 0) is 24.2 Å². The predicted molar refractivity (Wildman–Crippen MR) is 52.2 cm³/mol. The normalized spacial score (nSPS) is 21.5. The molecule has 0 unspecified atom stereocenters. The molecule has 1 fully saturated rings.